The Morgan fingerprint density at radius 3 is 2.62 bits per heavy atom. The summed E-state index contributed by atoms with van der Waals surface area (Å²) in [6.07, 6.45) is 1.85. The fourth-order valence-electron chi connectivity index (χ4n) is 2.56. The zero-order chi connectivity index (χ0) is 15.4. The number of ether oxygens (including phenoxy) is 1. The monoisotopic (exact) mass is 370 g/mol. The molecule has 5 heteroatoms. The van der Waals surface area contributed by atoms with Crippen molar-refractivity contribution >= 4 is 27.5 Å². The molecule has 0 fully saturated rings. The molecule has 21 heavy (non-hydrogen) atoms. The number of nitrogens with zero attached hydrogens (tertiary/aromatic N) is 2. The van der Waals surface area contributed by atoms with Crippen molar-refractivity contribution in [2.75, 3.05) is 12.4 Å². The Hall–Kier alpha value is -1.00. The van der Waals surface area contributed by atoms with Crippen molar-refractivity contribution in [3.05, 3.63) is 46.2 Å². The summed E-state index contributed by atoms with van der Waals surface area (Å²) in [7, 11) is 3.59. The van der Waals surface area contributed by atoms with Gasteiger partial charge >= 0.3 is 0 Å². The molecule has 1 aromatic heterocycles. The van der Waals surface area contributed by atoms with E-state index in [0.717, 1.165) is 40.3 Å². The minimum atomic E-state index is 0.446. The van der Waals surface area contributed by atoms with Crippen molar-refractivity contribution in [2.45, 2.75) is 19.8 Å². The van der Waals surface area contributed by atoms with Gasteiger partial charge in [-0.2, -0.15) is 5.10 Å². The van der Waals surface area contributed by atoms with Crippen LogP contribution in [0.25, 0.3) is 0 Å². The van der Waals surface area contributed by atoms with Crippen LogP contribution in [0.3, 0.4) is 0 Å². The van der Waals surface area contributed by atoms with E-state index in [4.69, 9.17) is 16.3 Å². The summed E-state index contributed by atoms with van der Waals surface area (Å²) in [6, 6.07) is 8.16. The maximum atomic E-state index is 6.34. The maximum absolute atomic E-state index is 6.34. The van der Waals surface area contributed by atoms with E-state index < -0.39 is 0 Å². The number of para-hydroxylation sites is 1. The largest absolute Gasteiger partial charge is 0.496 e. The highest BCUT2D eigenvalue weighted by Crippen LogP contribution is 2.27. The zero-order valence-corrected chi connectivity index (χ0v) is 14.9. The summed E-state index contributed by atoms with van der Waals surface area (Å²) in [5, 5.41) is 6.03. The summed E-state index contributed by atoms with van der Waals surface area (Å²) in [5.41, 5.74) is 3.37. The highest BCUT2D eigenvalue weighted by atomic mass is 79.9. The quantitative estimate of drug-likeness (QED) is 0.712. The van der Waals surface area contributed by atoms with Gasteiger partial charge in [0.1, 0.15) is 10.9 Å². The van der Waals surface area contributed by atoms with E-state index in [-0.39, 0.29) is 0 Å². The van der Waals surface area contributed by atoms with Crippen molar-refractivity contribution in [3.8, 4) is 5.75 Å². The normalized spacial score (nSPS) is 12.4. The van der Waals surface area contributed by atoms with Crippen molar-refractivity contribution in [2.24, 2.45) is 13.0 Å². The number of benzene rings is 1. The van der Waals surface area contributed by atoms with Gasteiger partial charge in [-0.05, 0) is 37.3 Å². The topological polar surface area (TPSA) is 27.1 Å². The highest BCUT2D eigenvalue weighted by molar-refractivity contribution is 9.09. The van der Waals surface area contributed by atoms with E-state index in [9.17, 15) is 0 Å². The summed E-state index contributed by atoms with van der Waals surface area (Å²) < 4.78 is 7.17. The number of alkyl halides is 1. The van der Waals surface area contributed by atoms with Crippen LogP contribution in [0.1, 0.15) is 16.8 Å². The van der Waals surface area contributed by atoms with Crippen LogP contribution in [0, 0.1) is 12.8 Å². The Kier molecular flexibility index (Phi) is 5.71. The molecule has 0 spiro atoms. The molecule has 2 rings (SSSR count). The number of hydrogen-bond donors (Lipinski definition) is 0. The summed E-state index contributed by atoms with van der Waals surface area (Å²) in [4.78, 5) is 0. The van der Waals surface area contributed by atoms with Gasteiger partial charge in [0.15, 0.2) is 0 Å². The number of hydrogen-bond acceptors (Lipinski definition) is 2. The molecule has 114 valence electrons. The molecule has 2 aromatic rings. The molecule has 3 nitrogen and oxygen atoms in total. The van der Waals surface area contributed by atoms with Gasteiger partial charge < -0.3 is 4.74 Å². The average Bonchev–Trinajstić information content (AvgIpc) is 2.73. The lowest BCUT2D eigenvalue weighted by atomic mass is 9.94. The van der Waals surface area contributed by atoms with E-state index in [1.807, 2.05) is 32.2 Å². The first kappa shape index (κ1) is 16.4. The molecule has 1 atom stereocenters. The van der Waals surface area contributed by atoms with Crippen molar-refractivity contribution in [3.63, 3.8) is 0 Å². The standard InChI is InChI=1S/C16H20BrClN2O/c1-11-14(16(18)20(2)19-11)9-12(10-17)8-13-6-4-5-7-15(13)21-3/h4-7,12H,8-10H2,1-3H3. The number of rotatable bonds is 6. The third kappa shape index (κ3) is 3.80. The molecule has 0 radical (unpaired) electrons. The van der Waals surface area contributed by atoms with Crippen molar-refractivity contribution < 1.29 is 4.74 Å². The molecule has 0 aliphatic heterocycles. The van der Waals surface area contributed by atoms with Gasteiger partial charge in [-0.3, -0.25) is 4.68 Å². The van der Waals surface area contributed by atoms with E-state index in [0.29, 0.717) is 5.92 Å². The number of methoxy groups -OCH3 is 1. The minimum Gasteiger partial charge on any atom is -0.496 e. The first-order valence-electron chi connectivity index (χ1n) is 6.92. The van der Waals surface area contributed by atoms with Gasteiger partial charge in [0.25, 0.3) is 0 Å². The average molecular weight is 372 g/mol. The molecule has 0 N–H and O–H groups in total. The van der Waals surface area contributed by atoms with Crippen LogP contribution in [0.15, 0.2) is 24.3 Å². The van der Waals surface area contributed by atoms with Crippen LogP contribution in [0.2, 0.25) is 5.15 Å². The molecule has 1 aromatic carbocycles. The smallest absolute Gasteiger partial charge is 0.130 e. The predicted molar refractivity (Wildman–Crippen MR) is 90.6 cm³/mol. The third-order valence-electron chi connectivity index (χ3n) is 3.68. The van der Waals surface area contributed by atoms with E-state index in [1.165, 1.54) is 5.56 Å². The molecule has 0 aliphatic rings. The Morgan fingerprint density at radius 2 is 2.05 bits per heavy atom. The Balaban J connectivity index is 2.17. The van der Waals surface area contributed by atoms with Crippen LogP contribution in [-0.4, -0.2) is 22.2 Å². The van der Waals surface area contributed by atoms with Gasteiger partial charge in [0, 0.05) is 17.9 Å². The van der Waals surface area contributed by atoms with E-state index >= 15 is 0 Å². The number of halogens is 2. The second-order valence-electron chi connectivity index (χ2n) is 5.22. The number of aryl methyl sites for hydroxylation is 2. The lowest BCUT2D eigenvalue weighted by Crippen LogP contribution is -2.11. The van der Waals surface area contributed by atoms with Crippen LogP contribution >= 0.6 is 27.5 Å². The maximum Gasteiger partial charge on any atom is 0.130 e. The predicted octanol–water partition coefficient (Wildman–Crippen LogP) is 4.19. The van der Waals surface area contributed by atoms with Gasteiger partial charge in [0.05, 0.1) is 12.8 Å². The minimum absolute atomic E-state index is 0.446. The molecule has 0 amide bonds. The SMILES string of the molecule is COc1ccccc1CC(CBr)Cc1c(C)nn(C)c1Cl. The number of aromatic nitrogens is 2. The van der Waals surface area contributed by atoms with Crippen LogP contribution in [-0.2, 0) is 19.9 Å². The third-order valence-corrected chi connectivity index (χ3v) is 5.07. The fraction of sp³-hybridized carbons (Fsp3) is 0.438. The Labute approximate surface area is 139 Å². The molecular formula is C16H20BrClN2O. The molecule has 0 saturated heterocycles. The van der Waals surface area contributed by atoms with Gasteiger partial charge in [0.2, 0.25) is 0 Å². The summed E-state index contributed by atoms with van der Waals surface area (Å²) >= 11 is 9.96. The molecule has 1 heterocycles. The van der Waals surface area contributed by atoms with Crippen LogP contribution < -0.4 is 4.74 Å². The molecule has 0 bridgehead atoms. The molecule has 0 aliphatic carbocycles. The van der Waals surface area contributed by atoms with Crippen LogP contribution in [0.5, 0.6) is 5.75 Å². The van der Waals surface area contributed by atoms with Gasteiger partial charge in [-0.15, -0.1) is 0 Å². The van der Waals surface area contributed by atoms with Gasteiger partial charge in [-0.1, -0.05) is 45.7 Å². The van der Waals surface area contributed by atoms with Crippen molar-refractivity contribution in [1.29, 1.82) is 0 Å². The lowest BCUT2D eigenvalue weighted by molar-refractivity contribution is 0.406. The van der Waals surface area contributed by atoms with Gasteiger partial charge in [-0.25, -0.2) is 0 Å². The Bertz CT molecular complexity index is 612. The highest BCUT2D eigenvalue weighted by Gasteiger charge is 2.18. The molecular weight excluding hydrogens is 352 g/mol. The van der Waals surface area contributed by atoms with Crippen LogP contribution in [0.4, 0.5) is 0 Å². The molecule has 0 saturated carbocycles. The zero-order valence-electron chi connectivity index (χ0n) is 12.6. The molecule has 1 unspecified atom stereocenters. The van der Waals surface area contributed by atoms with E-state index in [1.54, 1.807) is 11.8 Å². The summed E-state index contributed by atoms with van der Waals surface area (Å²) in [6.45, 7) is 2.01. The first-order valence-corrected chi connectivity index (χ1v) is 8.42. The fourth-order valence-corrected chi connectivity index (χ4v) is 3.27. The van der Waals surface area contributed by atoms with Crippen molar-refractivity contribution in [1.82, 2.24) is 9.78 Å². The first-order chi connectivity index (χ1) is 10.1. The van der Waals surface area contributed by atoms with E-state index in [2.05, 4.69) is 27.1 Å². The second-order valence-corrected chi connectivity index (χ2v) is 6.22. The lowest BCUT2D eigenvalue weighted by Gasteiger charge is -2.16. The summed E-state index contributed by atoms with van der Waals surface area (Å²) in [5.74, 6) is 1.39. The Morgan fingerprint density at radius 1 is 1.33 bits per heavy atom. The second kappa shape index (κ2) is 7.32.